The molecule has 0 atom stereocenters. The number of fused-ring (bicyclic) bond motifs is 1. The third-order valence-corrected chi connectivity index (χ3v) is 4.26. The second-order valence-corrected chi connectivity index (χ2v) is 6.32. The van der Waals surface area contributed by atoms with Crippen LogP contribution in [0.25, 0.3) is 10.2 Å². The molecule has 0 amide bonds. The fourth-order valence-electron chi connectivity index (χ4n) is 2.07. The number of nitrogens with zero attached hydrogens (tertiary/aromatic N) is 2. The van der Waals surface area contributed by atoms with Gasteiger partial charge in [0.05, 0.1) is 10.2 Å². The normalized spacial score (nSPS) is 11.8. The summed E-state index contributed by atoms with van der Waals surface area (Å²) in [4.78, 5) is 35.3. The highest BCUT2D eigenvalue weighted by Gasteiger charge is 2.08. The Balaban J connectivity index is 1.99. The van der Waals surface area contributed by atoms with E-state index in [1.165, 1.54) is 23.1 Å². The first-order valence-electron chi connectivity index (χ1n) is 6.94. The van der Waals surface area contributed by atoms with Crippen molar-refractivity contribution in [2.75, 3.05) is 0 Å². The van der Waals surface area contributed by atoms with Crippen LogP contribution in [-0.4, -0.2) is 26.3 Å². The van der Waals surface area contributed by atoms with Gasteiger partial charge in [-0.1, -0.05) is 31.3 Å². The van der Waals surface area contributed by atoms with Crippen LogP contribution in [-0.2, 0) is 0 Å². The summed E-state index contributed by atoms with van der Waals surface area (Å²) in [6.07, 6.45) is 1.19. The van der Waals surface area contributed by atoms with Gasteiger partial charge in [-0.25, -0.2) is 14.8 Å². The van der Waals surface area contributed by atoms with Crippen LogP contribution in [0.2, 0.25) is 0 Å². The highest BCUT2D eigenvalue weighted by molar-refractivity contribution is 7.22. The van der Waals surface area contributed by atoms with Crippen molar-refractivity contribution in [3.8, 4) is 5.88 Å². The van der Waals surface area contributed by atoms with Gasteiger partial charge in [0.1, 0.15) is 5.56 Å². The van der Waals surface area contributed by atoms with E-state index in [0.29, 0.717) is 11.0 Å². The highest BCUT2D eigenvalue weighted by atomic mass is 32.1. The zero-order valence-corrected chi connectivity index (χ0v) is 13.3. The van der Waals surface area contributed by atoms with Crippen molar-refractivity contribution in [1.29, 1.82) is 0 Å². The lowest BCUT2D eigenvalue weighted by Crippen LogP contribution is -2.24. The minimum absolute atomic E-state index is 0.119. The Morgan fingerprint density at radius 2 is 2.09 bits per heavy atom. The van der Waals surface area contributed by atoms with E-state index in [9.17, 15) is 14.7 Å². The smallest absolute Gasteiger partial charge is 0.328 e. The topological polar surface area (TPSA) is 111 Å². The predicted molar refractivity (Wildman–Crippen MR) is 90.3 cm³/mol. The van der Waals surface area contributed by atoms with Crippen molar-refractivity contribution in [3.63, 3.8) is 0 Å². The summed E-state index contributed by atoms with van der Waals surface area (Å²) in [6, 6.07) is 6.03. The molecule has 3 rings (SSSR count). The van der Waals surface area contributed by atoms with Crippen LogP contribution in [0.15, 0.2) is 32.8 Å². The average Bonchev–Trinajstić information content (AvgIpc) is 2.87. The molecule has 2 aromatic heterocycles. The molecule has 0 radical (unpaired) electrons. The number of hydrogen-bond acceptors (Lipinski definition) is 6. The van der Waals surface area contributed by atoms with Gasteiger partial charge in [-0.05, 0) is 23.6 Å². The standard InChI is InChI=1S/C15H14N4O3S/c1-7(2)8-3-4-10-11(5-8)23-15(17-10)16-6-9-12(20)18-14(22)19-13(9)21/h3-7H,1-2H3,(H3,18,19,20,21,22). The molecule has 8 heteroatoms. The molecule has 0 aliphatic carbocycles. The Bertz CT molecular complexity index is 1010. The Morgan fingerprint density at radius 3 is 2.78 bits per heavy atom. The van der Waals surface area contributed by atoms with Crippen molar-refractivity contribution in [1.82, 2.24) is 15.0 Å². The Hall–Kier alpha value is -2.74. The van der Waals surface area contributed by atoms with Gasteiger partial charge in [0, 0.05) is 6.21 Å². The second kappa shape index (κ2) is 5.81. The summed E-state index contributed by atoms with van der Waals surface area (Å²) in [7, 11) is 0. The van der Waals surface area contributed by atoms with Crippen molar-refractivity contribution < 1.29 is 5.11 Å². The lowest BCUT2D eigenvalue weighted by Gasteiger charge is -2.03. The number of H-pyrrole nitrogens is 2. The minimum Gasteiger partial charge on any atom is -0.494 e. The van der Waals surface area contributed by atoms with E-state index in [4.69, 9.17) is 0 Å². The van der Waals surface area contributed by atoms with Gasteiger partial charge in [-0.3, -0.25) is 14.8 Å². The molecule has 0 spiro atoms. The summed E-state index contributed by atoms with van der Waals surface area (Å²) < 4.78 is 1.00. The monoisotopic (exact) mass is 330 g/mol. The van der Waals surface area contributed by atoms with E-state index in [1.54, 1.807) is 0 Å². The van der Waals surface area contributed by atoms with Crippen molar-refractivity contribution in [2.24, 2.45) is 4.99 Å². The molecule has 1 aromatic carbocycles. The molecular formula is C15H14N4O3S. The molecule has 2 heterocycles. The average molecular weight is 330 g/mol. The molecule has 0 saturated heterocycles. The number of rotatable bonds is 3. The molecule has 0 saturated carbocycles. The van der Waals surface area contributed by atoms with Gasteiger partial charge in [0.25, 0.3) is 5.56 Å². The summed E-state index contributed by atoms with van der Waals surface area (Å²) in [5.74, 6) is -0.101. The first-order chi connectivity index (χ1) is 10.9. The van der Waals surface area contributed by atoms with Crippen LogP contribution in [0, 0.1) is 0 Å². The van der Waals surface area contributed by atoms with Gasteiger partial charge in [-0.15, -0.1) is 0 Å². The van der Waals surface area contributed by atoms with Gasteiger partial charge in [0.15, 0.2) is 0 Å². The van der Waals surface area contributed by atoms with Crippen molar-refractivity contribution in [2.45, 2.75) is 19.8 Å². The van der Waals surface area contributed by atoms with Gasteiger partial charge in [-0.2, -0.15) is 0 Å². The molecule has 0 unspecified atom stereocenters. The Labute approximate surface area is 134 Å². The maximum atomic E-state index is 11.6. The number of aliphatic imine (C=N–C) groups is 1. The highest BCUT2D eigenvalue weighted by Crippen LogP contribution is 2.30. The molecule has 23 heavy (non-hydrogen) atoms. The van der Waals surface area contributed by atoms with Gasteiger partial charge < -0.3 is 5.11 Å². The van der Waals surface area contributed by atoms with E-state index in [2.05, 4.69) is 34.9 Å². The van der Waals surface area contributed by atoms with Crippen LogP contribution in [0.5, 0.6) is 5.88 Å². The number of benzene rings is 1. The van der Waals surface area contributed by atoms with Crippen LogP contribution in [0.4, 0.5) is 5.13 Å². The molecule has 7 nitrogen and oxygen atoms in total. The Kier molecular flexibility index (Phi) is 3.83. The van der Waals surface area contributed by atoms with Crippen LogP contribution in [0.1, 0.15) is 30.9 Å². The largest absolute Gasteiger partial charge is 0.494 e. The SMILES string of the molecule is CC(C)c1ccc2nc(N=Cc3c(O)[nH]c(=O)[nH]c3=O)sc2c1. The summed E-state index contributed by atoms with van der Waals surface area (Å²) in [5.41, 5.74) is 0.438. The number of aromatic nitrogens is 3. The third-order valence-electron chi connectivity index (χ3n) is 3.33. The molecule has 0 fully saturated rings. The molecule has 0 aliphatic rings. The van der Waals surface area contributed by atoms with E-state index >= 15 is 0 Å². The van der Waals surface area contributed by atoms with E-state index in [1.807, 2.05) is 17.1 Å². The van der Waals surface area contributed by atoms with Crippen LogP contribution in [0.3, 0.4) is 0 Å². The first-order valence-corrected chi connectivity index (χ1v) is 7.76. The molecule has 0 bridgehead atoms. The van der Waals surface area contributed by atoms with Crippen molar-refractivity contribution >= 4 is 32.9 Å². The lowest BCUT2D eigenvalue weighted by atomic mass is 10.0. The molecule has 118 valence electrons. The molecule has 3 N–H and O–H groups in total. The molecular weight excluding hydrogens is 316 g/mol. The maximum Gasteiger partial charge on any atom is 0.328 e. The van der Waals surface area contributed by atoms with Crippen LogP contribution < -0.4 is 11.2 Å². The maximum absolute atomic E-state index is 11.6. The third kappa shape index (κ3) is 3.07. The first kappa shape index (κ1) is 15.2. The summed E-state index contributed by atoms with van der Waals surface area (Å²) in [5, 5.41) is 10.1. The van der Waals surface area contributed by atoms with E-state index in [0.717, 1.165) is 10.2 Å². The van der Waals surface area contributed by atoms with E-state index in [-0.39, 0.29) is 5.56 Å². The fourth-order valence-corrected chi connectivity index (χ4v) is 2.93. The van der Waals surface area contributed by atoms with Gasteiger partial charge >= 0.3 is 5.69 Å². The summed E-state index contributed by atoms with van der Waals surface area (Å²) in [6.45, 7) is 4.24. The summed E-state index contributed by atoms with van der Waals surface area (Å²) >= 11 is 1.39. The number of aromatic amines is 2. The number of thiazole rings is 1. The number of nitrogens with one attached hydrogen (secondary N) is 2. The zero-order valence-electron chi connectivity index (χ0n) is 12.5. The number of hydrogen-bond donors (Lipinski definition) is 3. The zero-order chi connectivity index (χ0) is 16.6. The fraction of sp³-hybridized carbons (Fsp3) is 0.200. The molecule has 3 aromatic rings. The van der Waals surface area contributed by atoms with Crippen molar-refractivity contribution in [3.05, 3.63) is 50.2 Å². The van der Waals surface area contributed by atoms with Gasteiger partial charge in [0.2, 0.25) is 11.0 Å². The lowest BCUT2D eigenvalue weighted by molar-refractivity contribution is 0.447. The predicted octanol–water partition coefficient (Wildman–Crippen LogP) is 2.25. The molecule has 0 aliphatic heterocycles. The quantitative estimate of drug-likeness (QED) is 0.639. The minimum atomic E-state index is -0.772. The van der Waals surface area contributed by atoms with Crippen LogP contribution >= 0.6 is 11.3 Å². The second-order valence-electron chi connectivity index (χ2n) is 5.31. The van der Waals surface area contributed by atoms with E-state index < -0.39 is 17.1 Å². The Morgan fingerprint density at radius 1 is 1.30 bits per heavy atom. The number of aromatic hydroxyl groups is 1.